The number of hydrogen-bond donors (Lipinski definition) is 0. The van der Waals surface area contributed by atoms with Gasteiger partial charge in [-0.25, -0.2) is 0 Å². The van der Waals surface area contributed by atoms with Gasteiger partial charge in [-0.2, -0.15) is 0 Å². The molecule has 1 aliphatic carbocycles. The Hall–Kier alpha value is -0.340. The minimum absolute atomic E-state index is 0.223. The Morgan fingerprint density at radius 3 is 2.58 bits per heavy atom. The highest BCUT2D eigenvalue weighted by atomic mass is 16.7. The summed E-state index contributed by atoms with van der Waals surface area (Å²) >= 11 is 0. The first kappa shape index (κ1) is 8.27. The van der Waals surface area contributed by atoms with Gasteiger partial charge in [0.25, 0.3) is 0 Å². The van der Waals surface area contributed by atoms with Gasteiger partial charge in [-0.1, -0.05) is 12.2 Å². The summed E-state index contributed by atoms with van der Waals surface area (Å²) in [5, 5.41) is 0. The second kappa shape index (κ2) is 3.19. The number of allylic oxidation sites excluding steroid dienone is 1. The van der Waals surface area contributed by atoms with Crippen LogP contribution >= 0.6 is 0 Å². The van der Waals surface area contributed by atoms with Crippen molar-refractivity contribution in [2.75, 3.05) is 13.2 Å². The molecular formula is C10H16O2. The van der Waals surface area contributed by atoms with Crippen molar-refractivity contribution in [2.45, 2.75) is 37.9 Å². The molecule has 12 heavy (non-hydrogen) atoms. The van der Waals surface area contributed by atoms with Gasteiger partial charge < -0.3 is 9.47 Å². The van der Waals surface area contributed by atoms with Crippen LogP contribution in [0.2, 0.25) is 0 Å². The van der Waals surface area contributed by atoms with E-state index in [1.807, 2.05) is 0 Å². The molecule has 1 saturated heterocycles. The van der Waals surface area contributed by atoms with Crippen LogP contribution in [-0.4, -0.2) is 19.0 Å². The summed E-state index contributed by atoms with van der Waals surface area (Å²) in [7, 11) is 0. The predicted octanol–water partition coefficient (Wildman–Crippen LogP) is 2.25. The summed E-state index contributed by atoms with van der Waals surface area (Å²) in [6, 6.07) is 0. The molecule has 0 radical (unpaired) electrons. The van der Waals surface area contributed by atoms with E-state index in [1.54, 1.807) is 0 Å². The summed E-state index contributed by atoms with van der Waals surface area (Å²) in [4.78, 5) is 0. The minimum atomic E-state index is -0.223. The average molecular weight is 168 g/mol. The molecule has 1 aliphatic heterocycles. The third kappa shape index (κ3) is 1.54. The van der Waals surface area contributed by atoms with Crippen molar-refractivity contribution >= 4 is 0 Å². The summed E-state index contributed by atoms with van der Waals surface area (Å²) in [6.45, 7) is 5.56. The zero-order chi connectivity index (χ0) is 8.44. The fraction of sp³-hybridized carbons (Fsp3) is 0.800. The van der Waals surface area contributed by atoms with Crippen molar-refractivity contribution in [3.05, 3.63) is 12.2 Å². The fourth-order valence-electron chi connectivity index (χ4n) is 2.01. The Balaban J connectivity index is 2.01. The van der Waals surface area contributed by atoms with E-state index in [1.165, 1.54) is 12.0 Å². The SMILES string of the molecule is C=C1CCCC2(CC1)OCCO2. The molecule has 2 rings (SSSR count). The zero-order valence-corrected chi connectivity index (χ0v) is 7.47. The van der Waals surface area contributed by atoms with Crippen LogP contribution in [0.15, 0.2) is 12.2 Å². The molecule has 2 fully saturated rings. The quantitative estimate of drug-likeness (QED) is 0.516. The van der Waals surface area contributed by atoms with E-state index in [9.17, 15) is 0 Å². The molecule has 0 bridgehead atoms. The largest absolute Gasteiger partial charge is 0.348 e. The molecule has 2 heteroatoms. The molecular weight excluding hydrogens is 152 g/mol. The molecule has 2 aliphatic rings. The molecule has 0 atom stereocenters. The number of hydrogen-bond acceptors (Lipinski definition) is 2. The van der Waals surface area contributed by atoms with Crippen LogP contribution in [0.5, 0.6) is 0 Å². The number of rotatable bonds is 0. The molecule has 1 saturated carbocycles. The smallest absolute Gasteiger partial charge is 0.168 e. The lowest BCUT2D eigenvalue weighted by atomic mass is 10.1. The Morgan fingerprint density at radius 2 is 1.83 bits per heavy atom. The predicted molar refractivity (Wildman–Crippen MR) is 46.9 cm³/mol. The fourth-order valence-corrected chi connectivity index (χ4v) is 2.01. The Bertz CT molecular complexity index is 180. The monoisotopic (exact) mass is 168 g/mol. The van der Waals surface area contributed by atoms with Crippen molar-refractivity contribution < 1.29 is 9.47 Å². The van der Waals surface area contributed by atoms with E-state index < -0.39 is 0 Å². The van der Waals surface area contributed by atoms with Crippen molar-refractivity contribution in [3.8, 4) is 0 Å². The first-order valence-electron chi connectivity index (χ1n) is 4.75. The van der Waals surface area contributed by atoms with Gasteiger partial charge in [-0.3, -0.25) is 0 Å². The Labute approximate surface area is 73.5 Å². The second-order valence-electron chi connectivity index (χ2n) is 3.71. The normalized spacial score (nSPS) is 29.2. The summed E-state index contributed by atoms with van der Waals surface area (Å²) in [5.74, 6) is -0.223. The van der Waals surface area contributed by atoms with Gasteiger partial charge in [0, 0.05) is 12.8 Å². The molecule has 0 unspecified atom stereocenters. The van der Waals surface area contributed by atoms with Crippen molar-refractivity contribution in [2.24, 2.45) is 0 Å². The minimum Gasteiger partial charge on any atom is -0.348 e. The molecule has 0 aromatic carbocycles. The van der Waals surface area contributed by atoms with E-state index >= 15 is 0 Å². The highest BCUT2D eigenvalue weighted by Gasteiger charge is 2.36. The van der Waals surface area contributed by atoms with E-state index in [2.05, 4.69) is 6.58 Å². The van der Waals surface area contributed by atoms with Crippen LogP contribution < -0.4 is 0 Å². The van der Waals surface area contributed by atoms with Crippen molar-refractivity contribution in [1.82, 2.24) is 0 Å². The van der Waals surface area contributed by atoms with Gasteiger partial charge in [-0.15, -0.1) is 0 Å². The first-order chi connectivity index (χ1) is 5.81. The average Bonchev–Trinajstić information content (AvgIpc) is 2.42. The maximum atomic E-state index is 5.65. The lowest BCUT2D eigenvalue weighted by molar-refractivity contribution is -0.164. The third-order valence-corrected chi connectivity index (χ3v) is 2.76. The van der Waals surface area contributed by atoms with Gasteiger partial charge in [0.1, 0.15) is 0 Å². The molecule has 0 aromatic rings. The van der Waals surface area contributed by atoms with Gasteiger partial charge in [0.05, 0.1) is 13.2 Å². The van der Waals surface area contributed by atoms with Crippen LogP contribution in [0.4, 0.5) is 0 Å². The van der Waals surface area contributed by atoms with Crippen LogP contribution in [0.1, 0.15) is 32.1 Å². The molecule has 0 aromatic heterocycles. The summed E-state index contributed by atoms with van der Waals surface area (Å²) < 4.78 is 11.3. The lowest BCUT2D eigenvalue weighted by Gasteiger charge is -2.25. The van der Waals surface area contributed by atoms with E-state index in [-0.39, 0.29) is 5.79 Å². The summed E-state index contributed by atoms with van der Waals surface area (Å²) in [6.07, 6.45) is 5.44. The molecule has 1 heterocycles. The zero-order valence-electron chi connectivity index (χ0n) is 7.47. The number of ether oxygens (including phenoxy) is 2. The molecule has 0 amide bonds. The Morgan fingerprint density at radius 1 is 1.08 bits per heavy atom. The highest BCUT2D eigenvalue weighted by molar-refractivity contribution is 4.98. The van der Waals surface area contributed by atoms with E-state index in [0.29, 0.717) is 0 Å². The lowest BCUT2D eigenvalue weighted by Crippen LogP contribution is -2.28. The molecule has 1 spiro atoms. The first-order valence-corrected chi connectivity index (χ1v) is 4.75. The maximum absolute atomic E-state index is 5.65. The van der Waals surface area contributed by atoms with Gasteiger partial charge in [-0.05, 0) is 19.3 Å². The molecule has 0 N–H and O–H groups in total. The molecule has 68 valence electrons. The third-order valence-electron chi connectivity index (χ3n) is 2.76. The van der Waals surface area contributed by atoms with E-state index in [0.717, 1.165) is 38.9 Å². The maximum Gasteiger partial charge on any atom is 0.168 e. The topological polar surface area (TPSA) is 18.5 Å². The van der Waals surface area contributed by atoms with Crippen LogP contribution in [0.3, 0.4) is 0 Å². The van der Waals surface area contributed by atoms with Crippen molar-refractivity contribution in [1.29, 1.82) is 0 Å². The highest BCUT2D eigenvalue weighted by Crippen LogP contribution is 2.35. The van der Waals surface area contributed by atoms with Gasteiger partial charge in [0.15, 0.2) is 5.79 Å². The second-order valence-corrected chi connectivity index (χ2v) is 3.71. The van der Waals surface area contributed by atoms with Gasteiger partial charge >= 0.3 is 0 Å². The van der Waals surface area contributed by atoms with Crippen LogP contribution in [0.25, 0.3) is 0 Å². The van der Waals surface area contributed by atoms with Gasteiger partial charge in [0.2, 0.25) is 0 Å². The Kier molecular flexibility index (Phi) is 2.20. The standard InChI is InChI=1S/C10H16O2/c1-9-3-2-5-10(6-4-9)11-7-8-12-10/h1-8H2. The van der Waals surface area contributed by atoms with Crippen LogP contribution in [-0.2, 0) is 9.47 Å². The summed E-state index contributed by atoms with van der Waals surface area (Å²) in [5.41, 5.74) is 1.35. The van der Waals surface area contributed by atoms with Crippen LogP contribution in [0, 0.1) is 0 Å². The molecule has 2 nitrogen and oxygen atoms in total. The van der Waals surface area contributed by atoms with Crippen molar-refractivity contribution in [3.63, 3.8) is 0 Å². The van der Waals surface area contributed by atoms with E-state index in [4.69, 9.17) is 9.47 Å².